The Morgan fingerprint density at radius 3 is 1.33 bits per heavy atom. The fraction of sp³-hybridized carbons (Fsp3) is 0.241. The predicted molar refractivity (Wildman–Crippen MR) is 261 cm³/mol. The van der Waals surface area contributed by atoms with Crippen molar-refractivity contribution >= 4 is 27.8 Å². The molecule has 61 heavy (non-hydrogen) atoms. The minimum atomic E-state index is 0.478. The Labute approximate surface area is 364 Å². The second-order valence-corrected chi connectivity index (χ2v) is 18.2. The first-order valence-corrected chi connectivity index (χ1v) is 22.1. The Morgan fingerprint density at radius 1 is 0.426 bits per heavy atom. The molecule has 0 bridgehead atoms. The molecule has 0 aliphatic heterocycles. The minimum absolute atomic E-state index is 0.478. The number of pyridine rings is 2. The van der Waals surface area contributed by atoms with Crippen molar-refractivity contribution in [1.29, 1.82) is 0 Å². The molecule has 0 fully saturated rings. The fourth-order valence-electron chi connectivity index (χ4n) is 8.89. The molecule has 0 saturated carbocycles. The molecule has 8 rings (SSSR count). The van der Waals surface area contributed by atoms with Crippen molar-refractivity contribution in [2.24, 2.45) is 17.8 Å². The number of nitrogens with zero attached hydrogens (tertiary/aromatic N) is 3. The van der Waals surface area contributed by atoms with Crippen molar-refractivity contribution in [3.63, 3.8) is 0 Å². The maximum atomic E-state index is 5.10. The van der Waals surface area contributed by atoms with Gasteiger partial charge in [0.2, 0.25) is 0 Å². The van der Waals surface area contributed by atoms with Gasteiger partial charge in [0.1, 0.15) is 0 Å². The number of hydrogen-bond acceptors (Lipinski definition) is 3. The van der Waals surface area contributed by atoms with E-state index in [1.165, 1.54) is 49.7 Å². The van der Waals surface area contributed by atoms with E-state index in [0.717, 1.165) is 70.0 Å². The molecule has 3 heteroatoms. The van der Waals surface area contributed by atoms with Crippen molar-refractivity contribution in [3.05, 3.63) is 186 Å². The highest BCUT2D eigenvalue weighted by Crippen LogP contribution is 2.44. The summed E-state index contributed by atoms with van der Waals surface area (Å²) in [5, 5.41) is 2.54. The summed E-state index contributed by atoms with van der Waals surface area (Å²) in [6.45, 7) is 18.2. The monoisotopic (exact) mass is 797 g/mol. The van der Waals surface area contributed by atoms with E-state index in [0.29, 0.717) is 17.8 Å². The highest BCUT2D eigenvalue weighted by atomic mass is 15.1. The molecule has 0 unspecified atom stereocenters. The molecule has 0 amide bonds. The lowest BCUT2D eigenvalue weighted by Gasteiger charge is -2.30. The van der Waals surface area contributed by atoms with Gasteiger partial charge in [-0.3, -0.25) is 9.97 Å². The van der Waals surface area contributed by atoms with Crippen molar-refractivity contribution in [1.82, 2.24) is 9.97 Å². The van der Waals surface area contributed by atoms with Crippen LogP contribution in [0.1, 0.15) is 69.4 Å². The first kappa shape index (κ1) is 41.4. The van der Waals surface area contributed by atoms with E-state index in [4.69, 9.17) is 9.97 Å². The summed E-state index contributed by atoms with van der Waals surface area (Å²) in [6.07, 6.45) is 6.99. The van der Waals surface area contributed by atoms with Crippen LogP contribution in [0.5, 0.6) is 0 Å². The highest BCUT2D eigenvalue weighted by molar-refractivity contribution is 6.01. The second-order valence-electron chi connectivity index (χ2n) is 18.2. The lowest BCUT2D eigenvalue weighted by Crippen LogP contribution is -2.13. The zero-order valence-corrected chi connectivity index (χ0v) is 37.2. The fourth-order valence-corrected chi connectivity index (χ4v) is 8.89. The van der Waals surface area contributed by atoms with Gasteiger partial charge in [0.25, 0.3) is 0 Å². The molecular weight excluding hydrogens is 739 g/mol. The van der Waals surface area contributed by atoms with Crippen LogP contribution in [-0.4, -0.2) is 9.97 Å². The van der Waals surface area contributed by atoms with Crippen molar-refractivity contribution in [2.45, 2.75) is 74.7 Å². The molecule has 0 aliphatic rings. The maximum absolute atomic E-state index is 5.10. The first-order chi connectivity index (χ1) is 29.5. The molecule has 6 aromatic carbocycles. The van der Waals surface area contributed by atoms with Gasteiger partial charge in [0, 0.05) is 40.3 Å². The average Bonchev–Trinajstić information content (AvgIpc) is 3.24. The normalized spacial score (nSPS) is 11.6. The number of fused-ring (bicyclic) bond motifs is 1. The molecule has 0 N–H and O–H groups in total. The molecule has 0 radical (unpaired) electrons. The molecule has 0 aliphatic carbocycles. The molecule has 0 spiro atoms. The average molecular weight is 798 g/mol. The molecule has 8 aromatic rings. The van der Waals surface area contributed by atoms with E-state index in [1.54, 1.807) is 0 Å². The van der Waals surface area contributed by atoms with Crippen LogP contribution in [0.25, 0.3) is 55.5 Å². The number of anilines is 3. The summed E-state index contributed by atoms with van der Waals surface area (Å²) in [6, 6.07) is 53.9. The molecule has 0 saturated heterocycles. The van der Waals surface area contributed by atoms with Crippen LogP contribution in [0, 0.1) is 31.6 Å². The summed E-state index contributed by atoms with van der Waals surface area (Å²) < 4.78 is 0. The zero-order valence-electron chi connectivity index (χ0n) is 37.2. The SMILES string of the molecule is Cc1cnc(-c2cc(CC(C)C)cc(N(c3cc(CC(C)C)cc(-c4cc(-c5ccccc5)c(C)cn4)c3)c3ccc(CC(C)C)c4ccccc34)c2)cc1-c1ccccc1. The largest absolute Gasteiger partial charge is 0.310 e. The molecule has 306 valence electrons. The molecule has 2 aromatic heterocycles. The minimum Gasteiger partial charge on any atom is -0.310 e. The van der Waals surface area contributed by atoms with Gasteiger partial charge >= 0.3 is 0 Å². The van der Waals surface area contributed by atoms with Gasteiger partial charge in [-0.05, 0) is 161 Å². The van der Waals surface area contributed by atoms with Gasteiger partial charge < -0.3 is 4.90 Å². The lowest BCUT2D eigenvalue weighted by atomic mass is 9.93. The van der Waals surface area contributed by atoms with Crippen LogP contribution >= 0.6 is 0 Å². The smallest absolute Gasteiger partial charge is 0.0709 e. The van der Waals surface area contributed by atoms with E-state index >= 15 is 0 Å². The van der Waals surface area contributed by atoms with Crippen LogP contribution in [0.2, 0.25) is 0 Å². The summed E-state index contributed by atoms with van der Waals surface area (Å²) in [4.78, 5) is 12.7. The van der Waals surface area contributed by atoms with Crippen LogP contribution in [-0.2, 0) is 19.3 Å². The van der Waals surface area contributed by atoms with E-state index in [2.05, 4.69) is 206 Å². The highest BCUT2D eigenvalue weighted by Gasteiger charge is 2.22. The number of rotatable bonds is 13. The zero-order chi connectivity index (χ0) is 42.6. The second kappa shape index (κ2) is 18.1. The molecule has 3 nitrogen and oxygen atoms in total. The maximum Gasteiger partial charge on any atom is 0.0709 e. The number of hydrogen-bond donors (Lipinski definition) is 0. The van der Waals surface area contributed by atoms with Crippen LogP contribution in [0.4, 0.5) is 17.1 Å². The predicted octanol–water partition coefficient (Wildman–Crippen LogP) is 16.0. The molecule has 0 atom stereocenters. The number of aromatic nitrogens is 2. The lowest BCUT2D eigenvalue weighted by molar-refractivity contribution is 0.647. The Hall–Kier alpha value is -6.32. The molecule has 2 heterocycles. The van der Waals surface area contributed by atoms with Crippen LogP contribution in [0.3, 0.4) is 0 Å². The van der Waals surface area contributed by atoms with Crippen LogP contribution < -0.4 is 4.90 Å². The van der Waals surface area contributed by atoms with Gasteiger partial charge in [-0.1, -0.05) is 133 Å². The van der Waals surface area contributed by atoms with Crippen molar-refractivity contribution < 1.29 is 0 Å². The number of aryl methyl sites for hydroxylation is 2. The Kier molecular flexibility index (Phi) is 12.3. The van der Waals surface area contributed by atoms with Crippen molar-refractivity contribution in [3.8, 4) is 44.8 Å². The van der Waals surface area contributed by atoms with Crippen LogP contribution in [0.15, 0.2) is 158 Å². The third-order valence-corrected chi connectivity index (χ3v) is 11.6. The van der Waals surface area contributed by atoms with E-state index in [9.17, 15) is 0 Å². The Bertz CT molecular complexity index is 2630. The summed E-state index contributed by atoms with van der Waals surface area (Å²) >= 11 is 0. The third kappa shape index (κ3) is 9.37. The van der Waals surface area contributed by atoms with Gasteiger partial charge in [0.15, 0.2) is 0 Å². The third-order valence-electron chi connectivity index (χ3n) is 11.6. The van der Waals surface area contributed by atoms with Gasteiger partial charge in [-0.25, -0.2) is 0 Å². The summed E-state index contributed by atoms with van der Waals surface area (Å²) in [7, 11) is 0. The Morgan fingerprint density at radius 2 is 0.869 bits per heavy atom. The quantitative estimate of drug-likeness (QED) is 0.116. The van der Waals surface area contributed by atoms with Gasteiger partial charge in [-0.15, -0.1) is 0 Å². The van der Waals surface area contributed by atoms with E-state index < -0.39 is 0 Å². The Balaban J connectivity index is 1.40. The molecular formula is C58H59N3. The van der Waals surface area contributed by atoms with E-state index in [-0.39, 0.29) is 0 Å². The first-order valence-electron chi connectivity index (χ1n) is 22.1. The summed E-state index contributed by atoms with van der Waals surface area (Å²) in [5.41, 5.74) is 18.7. The topological polar surface area (TPSA) is 29.0 Å². The van der Waals surface area contributed by atoms with Crippen molar-refractivity contribution in [2.75, 3.05) is 4.90 Å². The standard InChI is InChI=1S/C58H59N3/c1-38(2)25-43-28-48(56-34-54(41(7)36-59-56)45-17-11-9-12-18-45)32-50(30-43)61(58-24-23-47(27-40(5)6)52-21-15-16-22-53(52)58)51-31-44(26-39(3)4)29-49(33-51)57-35-55(42(8)37-60-57)46-19-13-10-14-20-46/h9-24,28-40H,25-27H2,1-8H3. The number of benzene rings is 6. The van der Waals surface area contributed by atoms with Gasteiger partial charge in [-0.2, -0.15) is 0 Å². The van der Waals surface area contributed by atoms with Gasteiger partial charge in [0.05, 0.1) is 17.1 Å². The van der Waals surface area contributed by atoms with E-state index in [1.807, 2.05) is 12.4 Å². The summed E-state index contributed by atoms with van der Waals surface area (Å²) in [5.74, 6) is 1.50.